The number of methoxy groups -OCH3 is 1. The fourth-order valence-electron chi connectivity index (χ4n) is 3.56. The molecule has 1 fully saturated rings. The van der Waals surface area contributed by atoms with E-state index in [4.69, 9.17) is 21.4 Å². The summed E-state index contributed by atoms with van der Waals surface area (Å²) in [5.41, 5.74) is 2.13. The third-order valence-corrected chi connectivity index (χ3v) is 5.16. The van der Waals surface area contributed by atoms with Gasteiger partial charge < -0.3 is 23.9 Å². The highest BCUT2D eigenvalue weighted by atomic mass is 32.1. The number of thiocarbonyl (C=S) groups is 1. The lowest BCUT2D eigenvalue weighted by molar-refractivity contribution is 0.183. The quantitative estimate of drug-likeness (QED) is 0.633. The normalized spacial score (nSPS) is 19.4. The van der Waals surface area contributed by atoms with Crippen molar-refractivity contribution in [3.8, 4) is 0 Å². The molecule has 0 saturated carbocycles. The zero-order chi connectivity index (χ0) is 18.6. The number of furan rings is 1. The van der Waals surface area contributed by atoms with Crippen molar-refractivity contribution in [3.63, 3.8) is 0 Å². The molecule has 0 bridgehead atoms. The Kier molecular flexibility index (Phi) is 5.22. The molecule has 0 spiro atoms. The molecule has 0 amide bonds. The second kappa shape index (κ2) is 7.94. The molecule has 0 unspecified atom stereocenters. The molecule has 4 heterocycles. The summed E-state index contributed by atoms with van der Waals surface area (Å²) in [6.07, 6.45) is 5.58. The summed E-state index contributed by atoms with van der Waals surface area (Å²) in [6, 6.07) is 14.0. The van der Waals surface area contributed by atoms with Crippen molar-refractivity contribution in [3.05, 3.63) is 78.3 Å². The highest BCUT2D eigenvalue weighted by molar-refractivity contribution is 7.80. The fourth-order valence-corrected chi connectivity index (χ4v) is 3.86. The van der Waals surface area contributed by atoms with E-state index in [-0.39, 0.29) is 12.1 Å². The van der Waals surface area contributed by atoms with E-state index < -0.39 is 0 Å². The molecule has 6 nitrogen and oxygen atoms in total. The third kappa shape index (κ3) is 3.61. The largest absolute Gasteiger partial charge is 0.467 e. The number of aromatic nitrogens is 2. The van der Waals surface area contributed by atoms with Gasteiger partial charge in [-0.2, -0.15) is 0 Å². The number of hydrogen-bond acceptors (Lipinski definition) is 4. The van der Waals surface area contributed by atoms with Crippen molar-refractivity contribution in [2.45, 2.75) is 25.2 Å². The topological polar surface area (TPSA) is 55.5 Å². The molecule has 1 aliphatic rings. The summed E-state index contributed by atoms with van der Waals surface area (Å²) in [4.78, 5) is 6.75. The van der Waals surface area contributed by atoms with Crippen LogP contribution in [0.2, 0.25) is 0 Å². The van der Waals surface area contributed by atoms with E-state index in [0.717, 1.165) is 18.0 Å². The molecule has 0 radical (unpaired) electrons. The van der Waals surface area contributed by atoms with Gasteiger partial charge in [-0.1, -0.05) is 6.07 Å². The molecule has 3 aromatic heterocycles. The van der Waals surface area contributed by atoms with E-state index in [2.05, 4.69) is 38.1 Å². The maximum Gasteiger partial charge on any atom is 0.170 e. The third-order valence-electron chi connectivity index (χ3n) is 4.81. The van der Waals surface area contributed by atoms with E-state index in [1.54, 1.807) is 13.4 Å². The average molecular weight is 382 g/mol. The molecule has 0 aliphatic carbocycles. The van der Waals surface area contributed by atoms with Crippen LogP contribution in [0.25, 0.3) is 0 Å². The maximum atomic E-state index is 5.68. The SMILES string of the molecule is COCCn1cccc1[C@@H]1[C@H](c2ccccn2)NC(=S)N1Cc1ccco1. The Morgan fingerprint density at radius 3 is 2.89 bits per heavy atom. The Bertz CT molecular complexity index is 879. The summed E-state index contributed by atoms with van der Waals surface area (Å²) >= 11 is 5.68. The first-order valence-electron chi connectivity index (χ1n) is 8.92. The van der Waals surface area contributed by atoms with Crippen LogP contribution in [0.15, 0.2) is 65.5 Å². The van der Waals surface area contributed by atoms with Crippen LogP contribution in [0.1, 0.15) is 29.2 Å². The summed E-state index contributed by atoms with van der Waals surface area (Å²) < 4.78 is 13.1. The number of nitrogens with one attached hydrogen (secondary N) is 1. The fraction of sp³-hybridized carbons (Fsp3) is 0.300. The van der Waals surface area contributed by atoms with Gasteiger partial charge in [0.2, 0.25) is 0 Å². The summed E-state index contributed by atoms with van der Waals surface area (Å²) in [6.45, 7) is 2.03. The van der Waals surface area contributed by atoms with Crippen molar-refractivity contribution in [1.29, 1.82) is 0 Å². The molecule has 1 aliphatic heterocycles. The van der Waals surface area contributed by atoms with Gasteiger partial charge >= 0.3 is 0 Å². The predicted molar refractivity (Wildman–Crippen MR) is 106 cm³/mol. The number of ether oxygens (including phenoxy) is 1. The number of hydrogen-bond donors (Lipinski definition) is 1. The molecule has 2 atom stereocenters. The highest BCUT2D eigenvalue weighted by Gasteiger charge is 2.41. The average Bonchev–Trinajstić information content (AvgIpc) is 3.42. The van der Waals surface area contributed by atoms with Gasteiger partial charge in [0, 0.05) is 31.7 Å². The zero-order valence-corrected chi connectivity index (χ0v) is 15.9. The van der Waals surface area contributed by atoms with Crippen LogP contribution >= 0.6 is 12.2 Å². The summed E-state index contributed by atoms with van der Waals surface area (Å²) in [5.74, 6) is 0.876. The van der Waals surface area contributed by atoms with Crippen molar-refractivity contribution in [2.75, 3.05) is 13.7 Å². The molecule has 140 valence electrons. The van der Waals surface area contributed by atoms with E-state index in [1.165, 1.54) is 5.69 Å². The van der Waals surface area contributed by atoms with Crippen LogP contribution < -0.4 is 5.32 Å². The van der Waals surface area contributed by atoms with Gasteiger partial charge in [0.05, 0.1) is 37.2 Å². The van der Waals surface area contributed by atoms with Crippen LogP contribution in [0, 0.1) is 0 Å². The second-order valence-corrected chi connectivity index (χ2v) is 6.84. The molecule has 1 N–H and O–H groups in total. The van der Waals surface area contributed by atoms with Crippen molar-refractivity contribution >= 4 is 17.3 Å². The molecule has 1 saturated heterocycles. The van der Waals surface area contributed by atoms with Crippen LogP contribution in [-0.4, -0.2) is 33.3 Å². The molecule has 3 aromatic rings. The van der Waals surface area contributed by atoms with Gasteiger partial charge in [-0.15, -0.1) is 0 Å². The smallest absolute Gasteiger partial charge is 0.170 e. The minimum Gasteiger partial charge on any atom is -0.467 e. The Morgan fingerprint density at radius 2 is 2.15 bits per heavy atom. The Labute approximate surface area is 163 Å². The second-order valence-electron chi connectivity index (χ2n) is 6.45. The maximum absolute atomic E-state index is 5.68. The monoisotopic (exact) mass is 382 g/mol. The Hall–Kier alpha value is -2.64. The molecular weight excluding hydrogens is 360 g/mol. The highest BCUT2D eigenvalue weighted by Crippen LogP contribution is 2.39. The lowest BCUT2D eigenvalue weighted by Gasteiger charge is -2.28. The van der Waals surface area contributed by atoms with Crippen molar-refractivity contribution in [2.24, 2.45) is 0 Å². The molecule has 4 rings (SSSR count). The Morgan fingerprint density at radius 1 is 1.22 bits per heavy atom. The number of rotatable bonds is 7. The standard InChI is InChI=1S/C20H22N4O2S/c1-25-13-11-23-10-4-8-17(23)19-18(16-7-2-3-9-21-16)22-20(27)24(19)14-15-6-5-12-26-15/h2-10,12,18-19H,11,13-14H2,1H3,(H,22,27)/t18-,19+/m0/s1. The van der Waals surface area contributed by atoms with Crippen LogP contribution in [0.5, 0.6) is 0 Å². The first kappa shape index (κ1) is 17.8. The van der Waals surface area contributed by atoms with Crippen LogP contribution in [-0.2, 0) is 17.8 Å². The summed E-state index contributed by atoms with van der Waals surface area (Å²) in [7, 11) is 1.72. The molecule has 27 heavy (non-hydrogen) atoms. The van der Waals surface area contributed by atoms with Crippen molar-refractivity contribution in [1.82, 2.24) is 19.8 Å². The van der Waals surface area contributed by atoms with E-state index in [0.29, 0.717) is 18.3 Å². The number of pyridine rings is 1. The zero-order valence-electron chi connectivity index (χ0n) is 15.1. The van der Waals surface area contributed by atoms with E-state index in [9.17, 15) is 0 Å². The minimum atomic E-state index is -0.0372. The first-order valence-corrected chi connectivity index (χ1v) is 9.33. The van der Waals surface area contributed by atoms with Gasteiger partial charge in [0.15, 0.2) is 5.11 Å². The van der Waals surface area contributed by atoms with E-state index >= 15 is 0 Å². The molecule has 7 heteroatoms. The lowest BCUT2D eigenvalue weighted by Crippen LogP contribution is -2.30. The van der Waals surface area contributed by atoms with Gasteiger partial charge in [0.1, 0.15) is 5.76 Å². The van der Waals surface area contributed by atoms with Gasteiger partial charge in [-0.3, -0.25) is 4.98 Å². The van der Waals surface area contributed by atoms with Gasteiger partial charge in [0.25, 0.3) is 0 Å². The predicted octanol–water partition coefficient (Wildman–Crippen LogP) is 3.30. The molecule has 0 aromatic carbocycles. The minimum absolute atomic E-state index is 0.00403. The van der Waals surface area contributed by atoms with Gasteiger partial charge in [-0.05, 0) is 48.6 Å². The number of nitrogens with zero attached hydrogens (tertiary/aromatic N) is 3. The summed E-state index contributed by atoms with van der Waals surface area (Å²) in [5, 5.41) is 4.16. The van der Waals surface area contributed by atoms with Gasteiger partial charge in [-0.25, -0.2) is 0 Å². The van der Waals surface area contributed by atoms with E-state index in [1.807, 2.05) is 36.5 Å². The van der Waals surface area contributed by atoms with Crippen LogP contribution in [0.3, 0.4) is 0 Å². The Balaban J connectivity index is 1.72. The van der Waals surface area contributed by atoms with Crippen LogP contribution in [0.4, 0.5) is 0 Å². The lowest BCUT2D eigenvalue weighted by atomic mass is 10.0. The first-order chi connectivity index (χ1) is 13.3. The molecular formula is C20H22N4O2S. The van der Waals surface area contributed by atoms with Crippen molar-refractivity contribution < 1.29 is 9.15 Å².